The molecule has 0 aliphatic heterocycles. The smallest absolute Gasteiger partial charge is 0.0795 e. The number of hydrogen-bond donors (Lipinski definition) is 0. The number of rotatable bonds is 4. The monoisotopic (exact) mass is 720 g/mol. The van der Waals surface area contributed by atoms with Crippen molar-refractivity contribution >= 4 is 54.4 Å². The van der Waals surface area contributed by atoms with E-state index < -0.39 is 0 Å². The molecule has 0 N–H and O–H groups in total. The van der Waals surface area contributed by atoms with E-state index >= 15 is 0 Å². The molecule has 2 nitrogen and oxygen atoms in total. The zero-order valence-electron chi connectivity index (χ0n) is 32.5. The Morgan fingerprint density at radius 1 is 0.393 bits per heavy atom. The highest BCUT2D eigenvalue weighted by atomic mass is 15.0. The highest BCUT2D eigenvalue weighted by molar-refractivity contribution is 6.37. The molecular formula is C54H44N2. The molecule has 2 heterocycles. The Morgan fingerprint density at radius 2 is 0.929 bits per heavy atom. The van der Waals surface area contributed by atoms with Gasteiger partial charge in [0.25, 0.3) is 0 Å². The van der Waals surface area contributed by atoms with Gasteiger partial charge in [-0.2, -0.15) is 0 Å². The number of para-hydroxylation sites is 2. The van der Waals surface area contributed by atoms with Gasteiger partial charge in [-0.25, -0.2) is 0 Å². The van der Waals surface area contributed by atoms with Crippen LogP contribution in [-0.4, -0.2) is 9.13 Å². The van der Waals surface area contributed by atoms with Crippen molar-refractivity contribution in [2.45, 2.75) is 51.4 Å². The van der Waals surface area contributed by atoms with Gasteiger partial charge in [0.1, 0.15) is 0 Å². The zero-order valence-corrected chi connectivity index (χ0v) is 32.5. The Morgan fingerprint density at radius 3 is 1.68 bits per heavy atom. The number of benzene rings is 8. The van der Waals surface area contributed by atoms with E-state index in [1.807, 2.05) is 0 Å². The van der Waals surface area contributed by atoms with Gasteiger partial charge < -0.3 is 9.13 Å². The van der Waals surface area contributed by atoms with Crippen molar-refractivity contribution in [1.82, 2.24) is 9.13 Å². The first kappa shape index (κ1) is 33.0. The van der Waals surface area contributed by atoms with Gasteiger partial charge in [-0.1, -0.05) is 161 Å². The van der Waals surface area contributed by atoms with Crippen LogP contribution in [-0.2, 0) is 10.8 Å². The minimum absolute atomic E-state index is 0.00213. The topological polar surface area (TPSA) is 9.86 Å². The van der Waals surface area contributed by atoms with Crippen LogP contribution in [0.1, 0.15) is 51.7 Å². The molecule has 0 unspecified atom stereocenters. The van der Waals surface area contributed by atoms with Crippen LogP contribution >= 0.6 is 0 Å². The maximum Gasteiger partial charge on any atom is 0.0795 e. The number of fused-ring (bicyclic) bond motifs is 12. The third-order valence-corrected chi connectivity index (χ3v) is 12.9. The van der Waals surface area contributed by atoms with Crippen molar-refractivity contribution in [3.8, 4) is 33.6 Å². The molecule has 0 saturated carbocycles. The first-order chi connectivity index (χ1) is 27.3. The molecule has 56 heavy (non-hydrogen) atoms. The SMILES string of the molecule is CC1(C)CCC(C)(C)c2c1ccc1c2c2c3ccccc3c3c4ccccc4n(-c4ccccc4)c3c2n1-c1cccc(-c2ccccc2-c2ccccc2)c1. The summed E-state index contributed by atoms with van der Waals surface area (Å²) in [6, 6.07) is 62.9. The lowest BCUT2D eigenvalue weighted by molar-refractivity contribution is 0.334. The highest BCUT2D eigenvalue weighted by Gasteiger charge is 2.40. The second kappa shape index (κ2) is 12.1. The fourth-order valence-corrected chi connectivity index (χ4v) is 10.2. The van der Waals surface area contributed by atoms with Crippen molar-refractivity contribution in [3.63, 3.8) is 0 Å². The number of nitrogens with zero attached hydrogens (tertiary/aromatic N) is 2. The first-order valence-corrected chi connectivity index (χ1v) is 20.1. The summed E-state index contributed by atoms with van der Waals surface area (Å²) in [4.78, 5) is 0. The molecule has 10 aromatic rings. The van der Waals surface area contributed by atoms with Gasteiger partial charge in [0.05, 0.1) is 22.1 Å². The quantitative estimate of drug-likeness (QED) is 0.171. The van der Waals surface area contributed by atoms with Gasteiger partial charge in [-0.15, -0.1) is 0 Å². The molecule has 2 heteroatoms. The number of hydrogen-bond acceptors (Lipinski definition) is 0. The summed E-state index contributed by atoms with van der Waals surface area (Å²) in [5.41, 5.74) is 15.3. The van der Waals surface area contributed by atoms with E-state index in [4.69, 9.17) is 0 Å². The molecule has 2 aromatic heterocycles. The molecule has 270 valence electrons. The highest BCUT2D eigenvalue weighted by Crippen LogP contribution is 2.54. The van der Waals surface area contributed by atoms with Crippen LogP contribution in [0.3, 0.4) is 0 Å². The van der Waals surface area contributed by atoms with Gasteiger partial charge in [0.15, 0.2) is 0 Å². The first-order valence-electron chi connectivity index (χ1n) is 20.1. The molecule has 8 aromatic carbocycles. The van der Waals surface area contributed by atoms with E-state index in [-0.39, 0.29) is 10.8 Å². The average Bonchev–Trinajstić information content (AvgIpc) is 3.77. The fourth-order valence-electron chi connectivity index (χ4n) is 10.2. The van der Waals surface area contributed by atoms with Crippen LogP contribution in [0.15, 0.2) is 170 Å². The average molecular weight is 721 g/mol. The van der Waals surface area contributed by atoms with Crippen molar-refractivity contribution in [1.29, 1.82) is 0 Å². The minimum atomic E-state index is 0.00213. The molecule has 0 fully saturated rings. The van der Waals surface area contributed by atoms with Crippen LogP contribution in [0.25, 0.3) is 88.0 Å². The van der Waals surface area contributed by atoms with Gasteiger partial charge in [0, 0.05) is 32.9 Å². The summed E-state index contributed by atoms with van der Waals surface area (Å²) in [5, 5.41) is 7.93. The van der Waals surface area contributed by atoms with E-state index in [0.29, 0.717) is 0 Å². The maximum absolute atomic E-state index is 2.62. The lowest BCUT2D eigenvalue weighted by atomic mass is 9.62. The maximum atomic E-state index is 2.62. The van der Waals surface area contributed by atoms with E-state index in [1.54, 1.807) is 0 Å². The third kappa shape index (κ3) is 4.69. The fraction of sp³-hybridized carbons (Fsp3) is 0.148. The van der Waals surface area contributed by atoms with Crippen LogP contribution in [0, 0.1) is 0 Å². The summed E-state index contributed by atoms with van der Waals surface area (Å²) in [7, 11) is 0. The molecule has 0 radical (unpaired) electrons. The van der Waals surface area contributed by atoms with E-state index in [2.05, 4.69) is 207 Å². The van der Waals surface area contributed by atoms with Crippen LogP contribution in [0.4, 0.5) is 0 Å². The Kier molecular flexibility index (Phi) is 7.11. The van der Waals surface area contributed by atoms with Gasteiger partial charge >= 0.3 is 0 Å². The molecule has 0 atom stereocenters. The van der Waals surface area contributed by atoms with Crippen molar-refractivity contribution in [2.24, 2.45) is 0 Å². The standard InChI is InChI=1S/C54H44N2/c1-53(2)32-33-54(3,4)50-44(53)30-31-46-49(50)48-42-27-14-13-26-41(42)47-43-28-15-16-29-45(43)55(37-21-9-6-10-22-37)51(47)52(48)56(46)38-23-17-20-36(34-38)40-25-12-11-24-39(40)35-18-7-5-8-19-35/h5-31,34H,32-33H2,1-4H3. The molecule has 0 amide bonds. The third-order valence-electron chi connectivity index (χ3n) is 12.9. The predicted octanol–water partition coefficient (Wildman–Crippen LogP) is 14.7. The van der Waals surface area contributed by atoms with Crippen LogP contribution in [0.5, 0.6) is 0 Å². The molecule has 1 aliphatic carbocycles. The van der Waals surface area contributed by atoms with E-state index in [0.717, 1.165) is 6.42 Å². The van der Waals surface area contributed by atoms with Crippen molar-refractivity contribution in [2.75, 3.05) is 0 Å². The van der Waals surface area contributed by atoms with Crippen molar-refractivity contribution in [3.05, 3.63) is 181 Å². The second-order valence-corrected chi connectivity index (χ2v) is 17.1. The predicted molar refractivity (Wildman–Crippen MR) is 239 cm³/mol. The Balaban J connectivity index is 1.38. The minimum Gasteiger partial charge on any atom is -0.307 e. The van der Waals surface area contributed by atoms with Gasteiger partial charge in [0.2, 0.25) is 0 Å². The Bertz CT molecular complexity index is 3170. The molecule has 1 aliphatic rings. The largest absolute Gasteiger partial charge is 0.307 e. The molecule has 0 bridgehead atoms. The normalized spacial score (nSPS) is 14.9. The lowest BCUT2D eigenvalue weighted by Gasteiger charge is -2.42. The molecule has 11 rings (SSSR count). The summed E-state index contributed by atoms with van der Waals surface area (Å²) in [5.74, 6) is 0. The van der Waals surface area contributed by atoms with E-state index in [9.17, 15) is 0 Å². The second-order valence-electron chi connectivity index (χ2n) is 17.1. The summed E-state index contributed by atoms with van der Waals surface area (Å²) in [6.07, 6.45) is 2.32. The summed E-state index contributed by atoms with van der Waals surface area (Å²) < 4.78 is 5.15. The summed E-state index contributed by atoms with van der Waals surface area (Å²) in [6.45, 7) is 9.85. The molecule has 0 spiro atoms. The lowest BCUT2D eigenvalue weighted by Crippen LogP contribution is -2.34. The Labute approximate surface area is 328 Å². The molecule has 0 saturated heterocycles. The summed E-state index contributed by atoms with van der Waals surface area (Å²) >= 11 is 0. The zero-order chi connectivity index (χ0) is 37.8. The van der Waals surface area contributed by atoms with Crippen molar-refractivity contribution < 1.29 is 0 Å². The van der Waals surface area contributed by atoms with Gasteiger partial charge in [-0.05, 0) is 104 Å². The number of aromatic nitrogens is 2. The van der Waals surface area contributed by atoms with Gasteiger partial charge in [-0.3, -0.25) is 0 Å². The van der Waals surface area contributed by atoms with Crippen LogP contribution < -0.4 is 0 Å². The Hall–Kier alpha value is -6.38. The van der Waals surface area contributed by atoms with Crippen LogP contribution in [0.2, 0.25) is 0 Å². The molecular weight excluding hydrogens is 677 g/mol. The van der Waals surface area contributed by atoms with E-state index in [1.165, 1.54) is 106 Å².